The van der Waals surface area contributed by atoms with Crippen molar-refractivity contribution in [2.24, 2.45) is 11.5 Å². The molecule has 3 amide bonds. The summed E-state index contributed by atoms with van der Waals surface area (Å²) in [5, 5.41) is 0. The number of nitrogens with two attached hydrogens (primary N) is 2. The van der Waals surface area contributed by atoms with E-state index in [1.165, 1.54) is 17.0 Å². The quantitative estimate of drug-likeness (QED) is 0.694. The Kier molecular flexibility index (Phi) is 6.93. The molecule has 0 saturated heterocycles. The topological polar surface area (TPSA) is 116 Å². The SMILES string of the molecule is CCCCCOC(=O)N(c1cccc(C(N)=O)c1)c1cccc(C(N)=O)c1. The molecule has 0 aliphatic rings. The van der Waals surface area contributed by atoms with E-state index in [1.807, 2.05) is 0 Å². The number of rotatable bonds is 8. The van der Waals surface area contributed by atoms with Crippen LogP contribution in [0.15, 0.2) is 48.5 Å². The van der Waals surface area contributed by atoms with Gasteiger partial charge in [0.2, 0.25) is 11.8 Å². The third kappa shape index (κ3) is 5.31. The Morgan fingerprint density at radius 1 is 0.889 bits per heavy atom. The van der Waals surface area contributed by atoms with Crippen LogP contribution in [-0.2, 0) is 4.74 Å². The molecule has 7 nitrogen and oxygen atoms in total. The van der Waals surface area contributed by atoms with Crippen LogP contribution in [0, 0.1) is 0 Å². The summed E-state index contributed by atoms with van der Waals surface area (Å²) in [6.07, 6.45) is 2.08. The van der Waals surface area contributed by atoms with Crippen molar-refractivity contribution in [2.75, 3.05) is 11.5 Å². The summed E-state index contributed by atoms with van der Waals surface area (Å²) in [4.78, 5) is 37.0. The number of benzene rings is 2. The zero-order valence-electron chi connectivity index (χ0n) is 15.2. The predicted molar refractivity (Wildman–Crippen MR) is 103 cm³/mol. The molecular weight excluding hydrogens is 346 g/mol. The van der Waals surface area contributed by atoms with Crippen LogP contribution >= 0.6 is 0 Å². The van der Waals surface area contributed by atoms with Crippen LogP contribution in [0.5, 0.6) is 0 Å². The minimum Gasteiger partial charge on any atom is -0.449 e. The molecule has 0 aliphatic heterocycles. The number of carbonyl (C=O) groups excluding carboxylic acids is 3. The first-order valence-corrected chi connectivity index (χ1v) is 8.70. The second-order valence-corrected chi connectivity index (χ2v) is 5.99. The van der Waals surface area contributed by atoms with Crippen molar-refractivity contribution in [1.29, 1.82) is 0 Å². The van der Waals surface area contributed by atoms with Gasteiger partial charge >= 0.3 is 6.09 Å². The molecule has 0 spiro atoms. The lowest BCUT2D eigenvalue weighted by molar-refractivity contribution is 0.0992. The molecule has 27 heavy (non-hydrogen) atoms. The lowest BCUT2D eigenvalue weighted by Crippen LogP contribution is -2.28. The summed E-state index contributed by atoms with van der Waals surface area (Å²) in [6, 6.07) is 12.6. The van der Waals surface area contributed by atoms with E-state index in [4.69, 9.17) is 16.2 Å². The first kappa shape index (κ1) is 20.0. The number of carbonyl (C=O) groups is 3. The number of primary amides is 2. The number of amides is 3. The summed E-state index contributed by atoms with van der Waals surface area (Å²) in [7, 11) is 0. The lowest BCUT2D eigenvalue weighted by Gasteiger charge is -2.23. The number of hydrogen-bond donors (Lipinski definition) is 2. The highest BCUT2D eigenvalue weighted by atomic mass is 16.6. The molecule has 0 aromatic heterocycles. The molecular formula is C20H23N3O4. The number of nitrogens with zero attached hydrogens (tertiary/aromatic N) is 1. The van der Waals surface area contributed by atoms with Gasteiger partial charge in [0, 0.05) is 11.1 Å². The summed E-state index contributed by atoms with van der Waals surface area (Å²) in [5.41, 5.74) is 12.0. The predicted octanol–water partition coefficient (Wildman–Crippen LogP) is 3.35. The van der Waals surface area contributed by atoms with E-state index in [0.717, 1.165) is 19.3 Å². The van der Waals surface area contributed by atoms with Crippen molar-refractivity contribution < 1.29 is 19.1 Å². The van der Waals surface area contributed by atoms with Crippen LogP contribution in [0.2, 0.25) is 0 Å². The number of unbranched alkanes of at least 4 members (excludes halogenated alkanes) is 2. The van der Waals surface area contributed by atoms with Crippen molar-refractivity contribution in [1.82, 2.24) is 0 Å². The van der Waals surface area contributed by atoms with Crippen molar-refractivity contribution >= 4 is 29.3 Å². The Balaban J connectivity index is 2.41. The number of hydrogen-bond acceptors (Lipinski definition) is 4. The smallest absolute Gasteiger partial charge is 0.418 e. The van der Waals surface area contributed by atoms with E-state index in [2.05, 4.69) is 6.92 Å². The second-order valence-electron chi connectivity index (χ2n) is 5.99. The molecule has 0 heterocycles. The Morgan fingerprint density at radius 2 is 1.41 bits per heavy atom. The number of ether oxygens (including phenoxy) is 1. The van der Waals surface area contributed by atoms with Gasteiger partial charge in [0.25, 0.3) is 0 Å². The van der Waals surface area contributed by atoms with Gasteiger partial charge in [-0.1, -0.05) is 31.9 Å². The van der Waals surface area contributed by atoms with Gasteiger partial charge in [-0.05, 0) is 42.8 Å². The van der Waals surface area contributed by atoms with Crippen LogP contribution in [0.4, 0.5) is 16.2 Å². The van der Waals surface area contributed by atoms with Gasteiger partial charge in [-0.25, -0.2) is 9.69 Å². The van der Waals surface area contributed by atoms with E-state index in [-0.39, 0.29) is 17.7 Å². The minimum absolute atomic E-state index is 0.252. The van der Waals surface area contributed by atoms with Crippen LogP contribution in [0.1, 0.15) is 46.9 Å². The Morgan fingerprint density at radius 3 is 1.85 bits per heavy atom. The Labute approximate surface area is 157 Å². The average molecular weight is 369 g/mol. The zero-order valence-corrected chi connectivity index (χ0v) is 15.2. The Bertz CT molecular complexity index is 778. The summed E-state index contributed by atoms with van der Waals surface area (Å²) in [6.45, 7) is 2.33. The van der Waals surface area contributed by atoms with Gasteiger partial charge in [0.05, 0.1) is 18.0 Å². The zero-order chi connectivity index (χ0) is 19.8. The van der Waals surface area contributed by atoms with Gasteiger partial charge in [-0.2, -0.15) is 0 Å². The standard InChI is InChI=1S/C20H23N3O4/c1-2-3-4-11-27-20(26)23(16-9-5-7-14(12-16)18(21)24)17-10-6-8-15(13-17)19(22)25/h5-10,12-13H,2-4,11H2,1H3,(H2,21,24)(H2,22,25). The van der Waals surface area contributed by atoms with Crippen molar-refractivity contribution in [3.05, 3.63) is 59.7 Å². The first-order valence-electron chi connectivity index (χ1n) is 8.70. The molecule has 2 rings (SSSR count). The molecule has 7 heteroatoms. The molecule has 4 N–H and O–H groups in total. The largest absolute Gasteiger partial charge is 0.449 e. The van der Waals surface area contributed by atoms with Gasteiger partial charge < -0.3 is 16.2 Å². The maximum Gasteiger partial charge on any atom is 0.418 e. The molecule has 0 bridgehead atoms. The van der Waals surface area contributed by atoms with Gasteiger partial charge in [0.1, 0.15) is 0 Å². The second kappa shape index (κ2) is 9.38. The highest BCUT2D eigenvalue weighted by molar-refractivity contribution is 6.01. The Hall–Kier alpha value is -3.35. The summed E-state index contributed by atoms with van der Waals surface area (Å²) in [5.74, 6) is -1.22. The molecule has 0 radical (unpaired) electrons. The maximum atomic E-state index is 12.7. The van der Waals surface area contributed by atoms with Crippen molar-refractivity contribution in [3.63, 3.8) is 0 Å². The van der Waals surface area contributed by atoms with Crippen LogP contribution < -0.4 is 16.4 Å². The van der Waals surface area contributed by atoms with E-state index >= 15 is 0 Å². The molecule has 0 fully saturated rings. The van der Waals surface area contributed by atoms with Gasteiger partial charge in [-0.15, -0.1) is 0 Å². The fourth-order valence-corrected chi connectivity index (χ4v) is 2.53. The molecule has 142 valence electrons. The first-order chi connectivity index (χ1) is 12.9. The monoisotopic (exact) mass is 369 g/mol. The average Bonchev–Trinajstić information content (AvgIpc) is 2.66. The fraction of sp³-hybridized carbons (Fsp3) is 0.250. The highest BCUT2D eigenvalue weighted by Gasteiger charge is 2.21. The van der Waals surface area contributed by atoms with E-state index in [9.17, 15) is 14.4 Å². The highest BCUT2D eigenvalue weighted by Crippen LogP contribution is 2.28. The summed E-state index contributed by atoms with van der Waals surface area (Å²) >= 11 is 0. The third-order valence-electron chi connectivity index (χ3n) is 3.93. The molecule has 0 atom stereocenters. The van der Waals surface area contributed by atoms with Crippen LogP contribution in [-0.4, -0.2) is 24.5 Å². The fourth-order valence-electron chi connectivity index (χ4n) is 2.53. The van der Waals surface area contributed by atoms with Gasteiger partial charge in [-0.3, -0.25) is 9.59 Å². The van der Waals surface area contributed by atoms with Crippen molar-refractivity contribution in [3.8, 4) is 0 Å². The van der Waals surface area contributed by atoms with E-state index < -0.39 is 17.9 Å². The van der Waals surface area contributed by atoms with Gasteiger partial charge in [0.15, 0.2) is 0 Å². The molecule has 2 aromatic rings. The van der Waals surface area contributed by atoms with Crippen LogP contribution in [0.3, 0.4) is 0 Å². The van der Waals surface area contributed by atoms with E-state index in [0.29, 0.717) is 11.4 Å². The normalized spacial score (nSPS) is 10.3. The molecule has 0 unspecified atom stereocenters. The van der Waals surface area contributed by atoms with E-state index in [1.54, 1.807) is 36.4 Å². The summed E-state index contributed by atoms with van der Waals surface area (Å²) < 4.78 is 5.37. The molecule has 0 aliphatic carbocycles. The minimum atomic E-state index is -0.616. The third-order valence-corrected chi connectivity index (χ3v) is 3.93. The maximum absolute atomic E-state index is 12.7. The molecule has 2 aromatic carbocycles. The number of anilines is 2. The van der Waals surface area contributed by atoms with Crippen LogP contribution in [0.25, 0.3) is 0 Å². The van der Waals surface area contributed by atoms with Crippen molar-refractivity contribution in [2.45, 2.75) is 26.2 Å². The lowest BCUT2D eigenvalue weighted by atomic mass is 10.1. The molecule has 0 saturated carbocycles.